The first-order valence-corrected chi connectivity index (χ1v) is 27.0. The highest BCUT2D eigenvalue weighted by Crippen LogP contribution is 2.12. The lowest BCUT2D eigenvalue weighted by atomic mass is 10.0. The molecule has 0 saturated heterocycles. The first-order chi connectivity index (χ1) is 30.8. The number of ether oxygens (including phenoxy) is 2. The second-order valence-corrected chi connectivity index (χ2v) is 16.4. The van der Waals surface area contributed by atoms with Gasteiger partial charge in [0.25, 0.3) is 6.47 Å². The minimum Gasteiger partial charge on any atom is -0.468 e. The molecule has 63 heavy (non-hydrogen) atoms. The Morgan fingerprint density at radius 1 is 0.619 bits per heavy atom. The van der Waals surface area contributed by atoms with Gasteiger partial charge in [0.15, 0.2) is 0 Å². The fourth-order valence-electron chi connectivity index (χ4n) is 6.32. The van der Waals surface area contributed by atoms with E-state index in [0.29, 0.717) is 26.2 Å². The van der Waals surface area contributed by atoms with Crippen molar-refractivity contribution in [2.75, 3.05) is 39.5 Å². The van der Waals surface area contributed by atoms with Crippen molar-refractivity contribution in [1.82, 2.24) is 20.2 Å². The molecular formula is C54H113FN4O4. The van der Waals surface area contributed by atoms with Crippen molar-refractivity contribution in [2.45, 2.75) is 281 Å². The van der Waals surface area contributed by atoms with Gasteiger partial charge >= 0.3 is 5.97 Å². The number of rotatable bonds is 39. The van der Waals surface area contributed by atoms with Gasteiger partial charge in [-0.25, -0.2) is 9.37 Å². The SMILES string of the molecule is CC.CCCCCC.CCCCCCCC.CCCCCCCCCC(NCCCC)C(=O)OCCCCCCCCNCC.CCCCCCOC=O.Cc1nccn1CCF. The van der Waals surface area contributed by atoms with E-state index in [0.717, 1.165) is 64.0 Å². The Labute approximate surface area is 394 Å². The van der Waals surface area contributed by atoms with E-state index >= 15 is 0 Å². The van der Waals surface area contributed by atoms with Crippen LogP contribution in [0.1, 0.15) is 268 Å². The van der Waals surface area contributed by atoms with Crippen LogP contribution < -0.4 is 10.6 Å². The van der Waals surface area contributed by atoms with Gasteiger partial charge in [-0.05, 0) is 58.7 Å². The molecule has 380 valence electrons. The van der Waals surface area contributed by atoms with Crippen molar-refractivity contribution in [3.05, 3.63) is 18.2 Å². The van der Waals surface area contributed by atoms with Crippen molar-refractivity contribution < 1.29 is 23.5 Å². The molecule has 0 aromatic carbocycles. The van der Waals surface area contributed by atoms with Crippen LogP contribution in [-0.2, 0) is 25.6 Å². The fourth-order valence-corrected chi connectivity index (χ4v) is 6.32. The third-order valence-corrected chi connectivity index (χ3v) is 10.4. The van der Waals surface area contributed by atoms with Gasteiger partial charge in [-0.3, -0.25) is 9.59 Å². The van der Waals surface area contributed by atoms with Gasteiger partial charge in [-0.15, -0.1) is 0 Å². The lowest BCUT2D eigenvalue weighted by molar-refractivity contribution is -0.146. The Morgan fingerprint density at radius 3 is 1.49 bits per heavy atom. The molecular weight excluding hydrogens is 788 g/mol. The molecule has 0 aliphatic rings. The summed E-state index contributed by atoms with van der Waals surface area (Å²) in [6.45, 7) is 28.5. The predicted molar refractivity (Wildman–Crippen MR) is 276 cm³/mol. The number of unbranched alkanes of at least 4 members (excludes halogenated alkanes) is 23. The van der Waals surface area contributed by atoms with Gasteiger partial charge in [0, 0.05) is 12.4 Å². The number of alkyl halides is 1. The maximum absolute atomic E-state index is 12.5. The van der Waals surface area contributed by atoms with Crippen LogP contribution in [0.25, 0.3) is 0 Å². The number of carbonyl (C=O) groups excluding carboxylic acids is 2. The molecule has 0 spiro atoms. The minimum atomic E-state index is -0.322. The normalized spacial score (nSPS) is 10.5. The Balaban J connectivity index is -0.000000265. The number of nitrogens with zero attached hydrogens (tertiary/aromatic N) is 2. The number of halogens is 1. The van der Waals surface area contributed by atoms with E-state index in [1.807, 2.05) is 20.8 Å². The summed E-state index contributed by atoms with van der Waals surface area (Å²) in [6.07, 6.45) is 41.6. The van der Waals surface area contributed by atoms with E-state index < -0.39 is 0 Å². The number of imidazole rings is 1. The highest BCUT2D eigenvalue weighted by Gasteiger charge is 2.18. The number of esters is 1. The Kier molecular flexibility index (Phi) is 76.7. The average Bonchev–Trinajstić information content (AvgIpc) is 3.72. The van der Waals surface area contributed by atoms with Gasteiger partial charge < -0.3 is 24.7 Å². The van der Waals surface area contributed by atoms with Gasteiger partial charge in [-0.2, -0.15) is 0 Å². The predicted octanol–water partition coefficient (Wildman–Crippen LogP) is 16.3. The quantitative estimate of drug-likeness (QED) is 0.0386. The van der Waals surface area contributed by atoms with Gasteiger partial charge in [0.2, 0.25) is 0 Å². The van der Waals surface area contributed by atoms with Gasteiger partial charge in [0.1, 0.15) is 18.5 Å². The molecule has 8 nitrogen and oxygen atoms in total. The number of aromatic nitrogens is 2. The molecule has 1 atom stereocenters. The topological polar surface area (TPSA) is 94.5 Å². The Hall–Kier alpha value is -2.00. The third-order valence-electron chi connectivity index (χ3n) is 10.4. The standard InChI is InChI=1S/C25H52N2O2.C8H18.C7H14O2.C6H9FN2.C6H14.C2H6/c1-4-7-9-10-11-14-17-20-24(27-22-8-5-2)25(28)29-23-19-16-13-12-15-18-21-26-6-3;1-3-5-7-8-6-4-2;1-2-3-4-5-6-9-7-8;1-6-8-3-5-9(6)4-2-7;1-3-5-6-4-2;1-2/h24,26-27H,4-23H2,1-3H3;3-8H2,1-2H3;7H,2-6H2,1H3;3,5H,2,4H2,1H3;3-6H2,1-2H3;1-2H3. The van der Waals surface area contributed by atoms with Crippen LogP contribution in [0.4, 0.5) is 4.39 Å². The van der Waals surface area contributed by atoms with E-state index in [1.165, 1.54) is 154 Å². The number of hydrogen-bond acceptors (Lipinski definition) is 7. The molecule has 1 aromatic heterocycles. The molecule has 1 heterocycles. The monoisotopic (exact) mass is 901 g/mol. The number of aryl methyl sites for hydroxylation is 2. The average molecular weight is 902 g/mol. The Morgan fingerprint density at radius 2 is 1.05 bits per heavy atom. The van der Waals surface area contributed by atoms with Crippen LogP contribution in [0.15, 0.2) is 12.4 Å². The van der Waals surface area contributed by atoms with Crippen molar-refractivity contribution in [3.8, 4) is 0 Å². The molecule has 0 bridgehead atoms. The van der Waals surface area contributed by atoms with Crippen LogP contribution in [0, 0.1) is 6.92 Å². The maximum atomic E-state index is 12.5. The summed E-state index contributed by atoms with van der Waals surface area (Å²) < 4.78 is 23.6. The van der Waals surface area contributed by atoms with Crippen molar-refractivity contribution in [3.63, 3.8) is 0 Å². The molecule has 0 radical (unpaired) electrons. The molecule has 0 amide bonds. The number of carbonyl (C=O) groups is 2. The van der Waals surface area contributed by atoms with E-state index in [4.69, 9.17) is 4.74 Å². The number of hydrogen-bond donors (Lipinski definition) is 2. The van der Waals surface area contributed by atoms with Crippen LogP contribution in [0.5, 0.6) is 0 Å². The first-order valence-electron chi connectivity index (χ1n) is 27.0. The van der Waals surface area contributed by atoms with E-state index in [-0.39, 0.29) is 18.7 Å². The molecule has 0 aliphatic heterocycles. The van der Waals surface area contributed by atoms with Crippen molar-refractivity contribution in [2.24, 2.45) is 0 Å². The van der Waals surface area contributed by atoms with E-state index in [2.05, 4.69) is 75.7 Å². The Bertz CT molecular complexity index is 910. The maximum Gasteiger partial charge on any atom is 0.323 e. The summed E-state index contributed by atoms with van der Waals surface area (Å²) in [5.74, 6) is 0.838. The fraction of sp³-hybridized carbons (Fsp3) is 0.907. The second-order valence-electron chi connectivity index (χ2n) is 16.4. The molecule has 0 aliphatic carbocycles. The lowest BCUT2D eigenvalue weighted by Crippen LogP contribution is -2.38. The third kappa shape index (κ3) is 66.7. The summed E-state index contributed by atoms with van der Waals surface area (Å²) >= 11 is 0. The summed E-state index contributed by atoms with van der Waals surface area (Å²) in [4.78, 5) is 26.0. The molecule has 0 saturated carbocycles. The largest absolute Gasteiger partial charge is 0.468 e. The highest BCUT2D eigenvalue weighted by molar-refractivity contribution is 5.75. The smallest absolute Gasteiger partial charge is 0.323 e. The molecule has 2 N–H and O–H groups in total. The van der Waals surface area contributed by atoms with Gasteiger partial charge in [-0.1, -0.05) is 230 Å². The van der Waals surface area contributed by atoms with E-state index in [1.54, 1.807) is 17.0 Å². The van der Waals surface area contributed by atoms with Crippen LogP contribution >= 0.6 is 0 Å². The summed E-state index contributed by atoms with van der Waals surface area (Å²) in [5, 5.41) is 6.80. The summed E-state index contributed by atoms with van der Waals surface area (Å²) in [6, 6.07) is -0.108. The molecule has 9 heteroatoms. The molecule has 1 aromatic rings. The summed E-state index contributed by atoms with van der Waals surface area (Å²) in [7, 11) is 0. The minimum absolute atomic E-state index is 0.0299. The van der Waals surface area contributed by atoms with Crippen LogP contribution in [0.3, 0.4) is 0 Å². The molecule has 1 rings (SSSR count). The van der Waals surface area contributed by atoms with Crippen LogP contribution in [0.2, 0.25) is 0 Å². The summed E-state index contributed by atoms with van der Waals surface area (Å²) in [5.41, 5.74) is 0. The molecule has 1 unspecified atom stereocenters. The zero-order valence-electron chi connectivity index (χ0n) is 44.4. The highest BCUT2D eigenvalue weighted by atomic mass is 19.1. The van der Waals surface area contributed by atoms with Crippen LogP contribution in [-0.4, -0.2) is 67.6 Å². The van der Waals surface area contributed by atoms with E-state index in [9.17, 15) is 14.0 Å². The lowest BCUT2D eigenvalue weighted by Gasteiger charge is -2.17. The van der Waals surface area contributed by atoms with Crippen molar-refractivity contribution in [1.29, 1.82) is 0 Å². The van der Waals surface area contributed by atoms with Crippen molar-refractivity contribution >= 4 is 12.4 Å². The zero-order chi connectivity index (χ0) is 48.1. The number of nitrogens with one attached hydrogen (secondary N) is 2. The second kappa shape index (κ2) is 69.0. The first kappa shape index (κ1) is 70.0. The van der Waals surface area contributed by atoms with Gasteiger partial charge in [0.05, 0.1) is 19.8 Å². The molecule has 0 fully saturated rings. The zero-order valence-corrected chi connectivity index (χ0v) is 44.4.